The minimum absolute atomic E-state index is 0.0193. The maximum atomic E-state index is 12.8. The highest BCUT2D eigenvalue weighted by Crippen LogP contribution is 2.29. The lowest BCUT2D eigenvalue weighted by molar-refractivity contribution is 0.0767. The van der Waals surface area contributed by atoms with Crippen molar-refractivity contribution in [2.75, 3.05) is 19.6 Å². The molecule has 4 rings (SSSR count). The number of benzene rings is 3. The van der Waals surface area contributed by atoms with Gasteiger partial charge >= 0.3 is 0 Å². The van der Waals surface area contributed by atoms with Gasteiger partial charge in [0.1, 0.15) is 10.7 Å². The molecule has 37 heavy (non-hydrogen) atoms. The number of hydrogen-bond acceptors (Lipinski definition) is 4. The van der Waals surface area contributed by atoms with Crippen LogP contribution in [0, 0.1) is 6.92 Å². The maximum absolute atomic E-state index is 12.8. The number of rotatable bonds is 12. The Balaban J connectivity index is 1.54. The topological polar surface area (TPSA) is 36.4 Å². The molecule has 0 N–H and O–H groups in total. The Labute approximate surface area is 225 Å². The van der Waals surface area contributed by atoms with Gasteiger partial charge in [-0.1, -0.05) is 90.5 Å². The molecule has 0 aliphatic rings. The van der Waals surface area contributed by atoms with E-state index in [9.17, 15) is 4.79 Å². The molecule has 0 fully saturated rings. The molecule has 0 spiro atoms. The summed E-state index contributed by atoms with van der Waals surface area (Å²) >= 11 is 1.58. The van der Waals surface area contributed by atoms with E-state index in [4.69, 9.17) is 4.98 Å². The smallest absolute Gasteiger partial charge is 0.273 e. The van der Waals surface area contributed by atoms with Gasteiger partial charge in [0, 0.05) is 30.9 Å². The van der Waals surface area contributed by atoms with Gasteiger partial charge in [0.05, 0.1) is 6.54 Å². The Morgan fingerprint density at radius 2 is 1.43 bits per heavy atom. The van der Waals surface area contributed by atoms with E-state index in [2.05, 4.69) is 96.8 Å². The molecule has 0 aliphatic carbocycles. The molecule has 1 heterocycles. The van der Waals surface area contributed by atoms with E-state index in [1.807, 2.05) is 24.1 Å². The number of aromatic nitrogens is 1. The standard InChI is InChI=1S/C32H37N3OS/c1-4-35(5-2)32(36)30-24-37-31(33-30)23-34(22-26-18-16-25(3)17-19-26)21-20-29(27-12-8-6-9-13-27)28-14-10-7-11-15-28/h6-19,24,29H,4-5,20-23H2,1-3H3. The summed E-state index contributed by atoms with van der Waals surface area (Å²) in [5, 5.41) is 2.90. The molecule has 0 aliphatic heterocycles. The number of thiazole rings is 1. The van der Waals surface area contributed by atoms with Crippen LogP contribution in [0.1, 0.15) is 63.9 Å². The summed E-state index contributed by atoms with van der Waals surface area (Å²) in [5.74, 6) is 0.338. The lowest BCUT2D eigenvalue weighted by Crippen LogP contribution is -2.30. The largest absolute Gasteiger partial charge is 0.338 e. The van der Waals surface area contributed by atoms with E-state index in [-0.39, 0.29) is 5.91 Å². The second-order valence-electron chi connectivity index (χ2n) is 9.46. The van der Waals surface area contributed by atoms with Crippen LogP contribution in [0.4, 0.5) is 0 Å². The molecule has 1 aromatic heterocycles. The van der Waals surface area contributed by atoms with Crippen LogP contribution < -0.4 is 0 Å². The molecule has 4 nitrogen and oxygen atoms in total. The van der Waals surface area contributed by atoms with Crippen molar-refractivity contribution in [3.05, 3.63) is 123 Å². The predicted octanol–water partition coefficient (Wildman–Crippen LogP) is 7.16. The average Bonchev–Trinajstić information content (AvgIpc) is 3.40. The van der Waals surface area contributed by atoms with E-state index in [1.54, 1.807) is 11.3 Å². The van der Waals surface area contributed by atoms with Crippen molar-refractivity contribution >= 4 is 17.2 Å². The van der Waals surface area contributed by atoms with Gasteiger partial charge in [-0.3, -0.25) is 9.69 Å². The van der Waals surface area contributed by atoms with Crippen molar-refractivity contribution in [2.45, 2.75) is 46.2 Å². The Morgan fingerprint density at radius 1 is 0.838 bits per heavy atom. The number of carbonyl (C=O) groups excluding carboxylic acids is 1. The lowest BCUT2D eigenvalue weighted by Gasteiger charge is -2.25. The van der Waals surface area contributed by atoms with Gasteiger partial charge in [0.2, 0.25) is 0 Å². The molecule has 0 atom stereocenters. The first-order chi connectivity index (χ1) is 18.1. The Bertz CT molecular complexity index is 1190. The summed E-state index contributed by atoms with van der Waals surface area (Å²) in [6.07, 6.45) is 0.997. The first kappa shape index (κ1) is 26.8. The van der Waals surface area contributed by atoms with Crippen LogP contribution in [-0.2, 0) is 13.1 Å². The molecule has 4 aromatic rings. The van der Waals surface area contributed by atoms with Crippen molar-refractivity contribution < 1.29 is 4.79 Å². The summed E-state index contributed by atoms with van der Waals surface area (Å²) in [7, 11) is 0. The molecule has 0 radical (unpaired) electrons. The summed E-state index contributed by atoms with van der Waals surface area (Å²) in [6.45, 7) is 10.0. The van der Waals surface area contributed by atoms with Gasteiger partial charge < -0.3 is 4.90 Å². The van der Waals surface area contributed by atoms with Crippen LogP contribution in [-0.4, -0.2) is 40.3 Å². The highest BCUT2D eigenvalue weighted by atomic mass is 32.1. The van der Waals surface area contributed by atoms with Gasteiger partial charge in [-0.05, 0) is 50.4 Å². The van der Waals surface area contributed by atoms with E-state index >= 15 is 0 Å². The van der Waals surface area contributed by atoms with Gasteiger partial charge in [-0.2, -0.15) is 0 Å². The van der Waals surface area contributed by atoms with E-state index in [0.717, 1.165) is 31.1 Å². The Morgan fingerprint density at radius 3 is 2.00 bits per heavy atom. The highest BCUT2D eigenvalue weighted by molar-refractivity contribution is 7.09. The fraction of sp³-hybridized carbons (Fsp3) is 0.312. The first-order valence-corrected chi connectivity index (χ1v) is 14.1. The molecular weight excluding hydrogens is 474 g/mol. The average molecular weight is 512 g/mol. The fourth-order valence-electron chi connectivity index (χ4n) is 4.72. The quantitative estimate of drug-likeness (QED) is 0.202. The number of amides is 1. The summed E-state index contributed by atoms with van der Waals surface area (Å²) in [5.41, 5.74) is 5.79. The summed E-state index contributed by atoms with van der Waals surface area (Å²) in [4.78, 5) is 21.9. The summed E-state index contributed by atoms with van der Waals surface area (Å²) < 4.78 is 0. The second-order valence-corrected chi connectivity index (χ2v) is 10.4. The Hall–Kier alpha value is -3.28. The zero-order chi connectivity index (χ0) is 26.0. The number of carbonyl (C=O) groups is 1. The fourth-order valence-corrected chi connectivity index (χ4v) is 5.53. The van der Waals surface area contributed by atoms with Crippen molar-refractivity contribution in [3.63, 3.8) is 0 Å². The molecule has 0 saturated heterocycles. The maximum Gasteiger partial charge on any atom is 0.273 e. The van der Waals surface area contributed by atoms with Crippen LogP contribution in [0.25, 0.3) is 0 Å². The number of aryl methyl sites for hydroxylation is 1. The van der Waals surface area contributed by atoms with Gasteiger partial charge in [0.15, 0.2) is 0 Å². The van der Waals surface area contributed by atoms with Crippen molar-refractivity contribution in [3.8, 4) is 0 Å². The molecular formula is C32H37N3OS. The zero-order valence-corrected chi connectivity index (χ0v) is 23.0. The molecule has 0 unspecified atom stereocenters. The van der Waals surface area contributed by atoms with Crippen LogP contribution in [0.5, 0.6) is 0 Å². The third-order valence-corrected chi connectivity index (χ3v) is 7.68. The number of nitrogens with zero attached hydrogens (tertiary/aromatic N) is 3. The molecule has 1 amide bonds. The van der Waals surface area contributed by atoms with Gasteiger partial charge in [0.25, 0.3) is 5.91 Å². The molecule has 0 saturated carbocycles. The molecule has 5 heteroatoms. The second kappa shape index (κ2) is 13.3. The number of hydrogen-bond donors (Lipinski definition) is 0. The third-order valence-electron chi connectivity index (χ3n) is 6.85. The monoisotopic (exact) mass is 511 g/mol. The van der Waals surface area contributed by atoms with E-state index in [0.29, 0.717) is 24.7 Å². The van der Waals surface area contributed by atoms with Crippen molar-refractivity contribution in [2.24, 2.45) is 0 Å². The van der Waals surface area contributed by atoms with Crippen LogP contribution in [0.15, 0.2) is 90.3 Å². The highest BCUT2D eigenvalue weighted by Gasteiger charge is 2.20. The lowest BCUT2D eigenvalue weighted by atomic mass is 9.88. The van der Waals surface area contributed by atoms with Crippen LogP contribution in [0.2, 0.25) is 0 Å². The van der Waals surface area contributed by atoms with Gasteiger partial charge in [-0.15, -0.1) is 11.3 Å². The van der Waals surface area contributed by atoms with Crippen LogP contribution >= 0.6 is 11.3 Å². The van der Waals surface area contributed by atoms with Crippen LogP contribution in [0.3, 0.4) is 0 Å². The molecule has 3 aromatic carbocycles. The van der Waals surface area contributed by atoms with E-state index in [1.165, 1.54) is 22.3 Å². The third kappa shape index (κ3) is 7.37. The minimum Gasteiger partial charge on any atom is -0.338 e. The zero-order valence-electron chi connectivity index (χ0n) is 22.1. The molecule has 0 bridgehead atoms. The summed E-state index contributed by atoms with van der Waals surface area (Å²) in [6, 6.07) is 30.4. The first-order valence-electron chi connectivity index (χ1n) is 13.2. The van der Waals surface area contributed by atoms with Crippen molar-refractivity contribution in [1.29, 1.82) is 0 Å². The SMILES string of the molecule is CCN(CC)C(=O)c1csc(CN(CCC(c2ccccc2)c2ccccc2)Cc2ccc(C)cc2)n1. The van der Waals surface area contributed by atoms with Crippen molar-refractivity contribution in [1.82, 2.24) is 14.8 Å². The van der Waals surface area contributed by atoms with E-state index < -0.39 is 0 Å². The normalized spacial score (nSPS) is 11.3. The van der Waals surface area contributed by atoms with Gasteiger partial charge in [-0.25, -0.2) is 4.98 Å². The minimum atomic E-state index is 0.0193. The predicted molar refractivity (Wildman–Crippen MR) is 154 cm³/mol. The Kier molecular flexibility index (Phi) is 9.64. The molecule has 192 valence electrons.